The molecule has 1 aromatic heterocycles. The molecule has 0 aliphatic carbocycles. The molecule has 2 rings (SSSR count). The fourth-order valence-electron chi connectivity index (χ4n) is 2.03. The van der Waals surface area contributed by atoms with Crippen LogP contribution in [-0.2, 0) is 6.54 Å². The summed E-state index contributed by atoms with van der Waals surface area (Å²) in [6, 6.07) is 10.8. The average molecular weight is 292 g/mol. The molecule has 3 nitrogen and oxygen atoms in total. The molecule has 0 aliphatic rings. The van der Waals surface area contributed by atoms with Crippen molar-refractivity contribution in [2.45, 2.75) is 45.8 Å². The summed E-state index contributed by atoms with van der Waals surface area (Å²) in [6.45, 7) is 7.27. The highest BCUT2D eigenvalue weighted by Crippen LogP contribution is 2.16. The van der Waals surface area contributed by atoms with Crippen LogP contribution in [0.25, 0.3) is 0 Å². The van der Waals surface area contributed by atoms with E-state index in [0.717, 1.165) is 23.7 Å². The highest BCUT2D eigenvalue weighted by atomic mass is 35.5. The molecule has 0 radical (unpaired) electrons. The topological polar surface area (TPSA) is 29.9 Å². The van der Waals surface area contributed by atoms with Crippen molar-refractivity contribution in [1.29, 1.82) is 0 Å². The zero-order chi connectivity index (χ0) is 14.5. The van der Waals surface area contributed by atoms with Gasteiger partial charge in [-0.1, -0.05) is 30.7 Å². The molecule has 0 bridgehead atoms. The molecule has 1 N–H and O–H groups in total. The summed E-state index contributed by atoms with van der Waals surface area (Å²) in [5, 5.41) is 8.85. The molecule has 108 valence electrons. The maximum atomic E-state index is 5.90. The predicted octanol–water partition coefficient (Wildman–Crippen LogP) is 4.36. The summed E-state index contributed by atoms with van der Waals surface area (Å²) < 4.78 is 2.03. The second-order valence-corrected chi connectivity index (χ2v) is 5.63. The third kappa shape index (κ3) is 3.84. The number of halogens is 1. The number of nitrogens with one attached hydrogen (secondary N) is 1. The van der Waals surface area contributed by atoms with Crippen molar-refractivity contribution in [2.24, 2.45) is 0 Å². The first-order valence-electron chi connectivity index (χ1n) is 7.13. The number of aromatic nitrogens is 2. The van der Waals surface area contributed by atoms with Crippen molar-refractivity contribution in [3.05, 3.63) is 52.8 Å². The fraction of sp³-hybridized carbons (Fsp3) is 0.438. The van der Waals surface area contributed by atoms with Crippen LogP contribution in [0.3, 0.4) is 0 Å². The third-order valence-corrected chi connectivity index (χ3v) is 3.92. The van der Waals surface area contributed by atoms with E-state index in [9.17, 15) is 0 Å². The summed E-state index contributed by atoms with van der Waals surface area (Å²) in [5.41, 5.74) is 2.31. The van der Waals surface area contributed by atoms with E-state index in [-0.39, 0.29) is 6.04 Å². The monoisotopic (exact) mass is 291 g/mol. The summed E-state index contributed by atoms with van der Waals surface area (Å²) >= 11 is 5.90. The van der Waals surface area contributed by atoms with Crippen LogP contribution in [0.2, 0.25) is 5.02 Å². The third-order valence-electron chi connectivity index (χ3n) is 3.67. The summed E-state index contributed by atoms with van der Waals surface area (Å²) in [5.74, 6) is 0. The van der Waals surface area contributed by atoms with Gasteiger partial charge in [0.1, 0.15) is 0 Å². The van der Waals surface area contributed by atoms with E-state index in [1.807, 2.05) is 16.8 Å². The fourth-order valence-corrected chi connectivity index (χ4v) is 2.16. The number of hydrogen-bond acceptors (Lipinski definition) is 2. The summed E-state index contributed by atoms with van der Waals surface area (Å²) in [6.07, 6.45) is 3.15. The minimum atomic E-state index is 0.279. The van der Waals surface area contributed by atoms with Crippen LogP contribution in [0, 0.1) is 0 Å². The van der Waals surface area contributed by atoms with E-state index in [1.165, 1.54) is 5.56 Å². The Hall–Kier alpha value is -1.32. The van der Waals surface area contributed by atoms with Gasteiger partial charge in [-0.15, -0.1) is 0 Å². The number of hydrogen-bond donors (Lipinski definition) is 1. The molecule has 4 heteroatoms. The summed E-state index contributed by atoms with van der Waals surface area (Å²) in [4.78, 5) is 0. The molecule has 1 aromatic carbocycles. The van der Waals surface area contributed by atoms with E-state index in [2.05, 4.69) is 55.6 Å². The molecule has 0 aliphatic heterocycles. The standard InChI is InChI=1S/C16H22ClN3/c1-4-12(2)20-10-9-16(19-20)11-18-13(3)14-5-7-15(17)8-6-14/h5-10,12-13,18H,4,11H2,1-3H3/t12?,13-/m1/s1. The first kappa shape index (κ1) is 15.1. The predicted molar refractivity (Wildman–Crippen MR) is 83.9 cm³/mol. The molecule has 0 saturated carbocycles. The van der Waals surface area contributed by atoms with E-state index in [4.69, 9.17) is 11.6 Å². The van der Waals surface area contributed by atoms with Gasteiger partial charge < -0.3 is 5.32 Å². The number of rotatable bonds is 6. The van der Waals surface area contributed by atoms with Gasteiger partial charge in [0.2, 0.25) is 0 Å². The van der Waals surface area contributed by atoms with Crippen molar-refractivity contribution < 1.29 is 0 Å². The number of benzene rings is 1. The Bertz CT molecular complexity index is 533. The van der Waals surface area contributed by atoms with Crippen LogP contribution < -0.4 is 5.32 Å². The largest absolute Gasteiger partial charge is 0.304 e. The lowest BCUT2D eigenvalue weighted by Gasteiger charge is -2.13. The Morgan fingerprint density at radius 1 is 1.20 bits per heavy atom. The molecule has 0 fully saturated rings. The van der Waals surface area contributed by atoms with Crippen LogP contribution in [0.15, 0.2) is 36.5 Å². The molecule has 1 unspecified atom stereocenters. The van der Waals surface area contributed by atoms with E-state index in [1.54, 1.807) is 0 Å². The smallest absolute Gasteiger partial charge is 0.0762 e. The highest BCUT2D eigenvalue weighted by molar-refractivity contribution is 6.30. The Morgan fingerprint density at radius 2 is 1.90 bits per heavy atom. The molecule has 0 spiro atoms. The van der Waals surface area contributed by atoms with E-state index < -0.39 is 0 Å². The van der Waals surface area contributed by atoms with Gasteiger partial charge in [-0.25, -0.2) is 0 Å². The lowest BCUT2D eigenvalue weighted by atomic mass is 10.1. The van der Waals surface area contributed by atoms with Gasteiger partial charge in [0, 0.05) is 29.8 Å². The second-order valence-electron chi connectivity index (χ2n) is 5.20. The molecule has 0 amide bonds. The summed E-state index contributed by atoms with van der Waals surface area (Å²) in [7, 11) is 0. The van der Waals surface area contributed by atoms with Crippen LogP contribution in [-0.4, -0.2) is 9.78 Å². The first-order valence-corrected chi connectivity index (χ1v) is 7.50. The van der Waals surface area contributed by atoms with Crippen LogP contribution >= 0.6 is 11.6 Å². The zero-order valence-corrected chi connectivity index (χ0v) is 13.1. The van der Waals surface area contributed by atoms with Crippen molar-refractivity contribution in [1.82, 2.24) is 15.1 Å². The molecule has 20 heavy (non-hydrogen) atoms. The van der Waals surface area contributed by atoms with Gasteiger partial charge in [0.15, 0.2) is 0 Å². The minimum absolute atomic E-state index is 0.279. The van der Waals surface area contributed by atoms with Gasteiger partial charge in [-0.3, -0.25) is 4.68 Å². The molecule has 0 saturated heterocycles. The van der Waals surface area contributed by atoms with Crippen LogP contribution in [0.5, 0.6) is 0 Å². The SMILES string of the molecule is CCC(C)n1ccc(CN[C@H](C)c2ccc(Cl)cc2)n1. The molecule has 1 heterocycles. The highest BCUT2D eigenvalue weighted by Gasteiger charge is 2.07. The Morgan fingerprint density at radius 3 is 2.55 bits per heavy atom. The van der Waals surface area contributed by atoms with Crippen molar-refractivity contribution >= 4 is 11.6 Å². The van der Waals surface area contributed by atoms with Crippen molar-refractivity contribution in [3.8, 4) is 0 Å². The second kappa shape index (κ2) is 6.91. The number of nitrogens with zero attached hydrogens (tertiary/aromatic N) is 2. The van der Waals surface area contributed by atoms with Crippen LogP contribution in [0.4, 0.5) is 0 Å². The molecule has 2 atom stereocenters. The normalized spacial score (nSPS) is 14.2. The van der Waals surface area contributed by atoms with Crippen LogP contribution in [0.1, 0.15) is 50.5 Å². The quantitative estimate of drug-likeness (QED) is 0.857. The van der Waals surface area contributed by atoms with E-state index in [0.29, 0.717) is 6.04 Å². The lowest BCUT2D eigenvalue weighted by Crippen LogP contribution is -2.18. The molecular weight excluding hydrogens is 270 g/mol. The maximum absolute atomic E-state index is 5.90. The Balaban J connectivity index is 1.91. The van der Waals surface area contributed by atoms with Gasteiger partial charge >= 0.3 is 0 Å². The van der Waals surface area contributed by atoms with Gasteiger partial charge in [-0.2, -0.15) is 5.10 Å². The van der Waals surface area contributed by atoms with Gasteiger partial charge in [0.05, 0.1) is 5.69 Å². The van der Waals surface area contributed by atoms with Crippen molar-refractivity contribution in [2.75, 3.05) is 0 Å². The minimum Gasteiger partial charge on any atom is -0.304 e. The maximum Gasteiger partial charge on any atom is 0.0762 e. The Kier molecular flexibility index (Phi) is 5.21. The first-order chi connectivity index (χ1) is 9.60. The van der Waals surface area contributed by atoms with E-state index >= 15 is 0 Å². The zero-order valence-electron chi connectivity index (χ0n) is 12.3. The van der Waals surface area contributed by atoms with Gasteiger partial charge in [0.25, 0.3) is 0 Å². The van der Waals surface area contributed by atoms with Crippen molar-refractivity contribution in [3.63, 3.8) is 0 Å². The Labute approximate surface area is 126 Å². The molecule has 2 aromatic rings. The average Bonchev–Trinajstić information content (AvgIpc) is 2.93. The molecular formula is C16H22ClN3. The lowest BCUT2D eigenvalue weighted by molar-refractivity contribution is 0.468. The van der Waals surface area contributed by atoms with Gasteiger partial charge in [-0.05, 0) is 44.0 Å².